The Morgan fingerprint density at radius 3 is 2.69 bits per heavy atom. The fourth-order valence-electron chi connectivity index (χ4n) is 1.44. The largest absolute Gasteiger partial charge is 0.363 e. The van der Waals surface area contributed by atoms with Crippen LogP contribution in [0.1, 0.15) is 10.4 Å². The molecule has 2 aromatic rings. The minimum atomic E-state index is -0.986. The van der Waals surface area contributed by atoms with E-state index >= 15 is 0 Å². The summed E-state index contributed by atoms with van der Waals surface area (Å²) < 4.78 is 0.710. The number of ketones is 1. The number of benzene rings is 1. The van der Waals surface area contributed by atoms with Crippen LogP contribution in [0.4, 0.5) is 0 Å². The van der Waals surface area contributed by atoms with Gasteiger partial charge in [0.15, 0.2) is 0 Å². The summed E-state index contributed by atoms with van der Waals surface area (Å²) in [5.41, 5.74) is 5.88. The third kappa shape index (κ3) is 1.72. The summed E-state index contributed by atoms with van der Waals surface area (Å²) in [6, 6.07) is 3.34. The van der Waals surface area contributed by atoms with E-state index < -0.39 is 11.7 Å². The van der Waals surface area contributed by atoms with Crippen molar-refractivity contribution >= 4 is 50.1 Å². The van der Waals surface area contributed by atoms with Gasteiger partial charge in [0.25, 0.3) is 11.7 Å². The number of hydrogen-bond acceptors (Lipinski definition) is 2. The number of carbonyl (C=O) groups excluding carboxylic acids is 2. The molecule has 16 heavy (non-hydrogen) atoms. The number of amides is 1. The van der Waals surface area contributed by atoms with E-state index in [-0.39, 0.29) is 5.56 Å². The Hall–Kier alpha value is -1.33. The lowest BCUT2D eigenvalue weighted by Gasteiger charge is -1.98. The van der Waals surface area contributed by atoms with E-state index in [1.165, 1.54) is 6.20 Å². The molecule has 0 radical (unpaired) electrons. The van der Waals surface area contributed by atoms with Crippen LogP contribution in [0.3, 0.4) is 0 Å². The number of carbonyl (C=O) groups is 2. The van der Waals surface area contributed by atoms with E-state index in [1.54, 1.807) is 12.1 Å². The highest BCUT2D eigenvalue weighted by atomic mass is 79.9. The number of fused-ring (bicyclic) bond motifs is 1. The molecule has 0 atom stereocenters. The molecular formula is C10H6BrClN2O2. The average molecular weight is 302 g/mol. The van der Waals surface area contributed by atoms with Crippen LogP contribution in [-0.2, 0) is 4.79 Å². The molecule has 1 aromatic heterocycles. The molecule has 1 amide bonds. The van der Waals surface area contributed by atoms with Gasteiger partial charge in [0.05, 0.1) is 10.6 Å². The molecule has 0 aliphatic rings. The molecule has 0 saturated heterocycles. The second-order valence-electron chi connectivity index (χ2n) is 3.21. The van der Waals surface area contributed by atoms with Crippen molar-refractivity contribution < 1.29 is 9.59 Å². The van der Waals surface area contributed by atoms with E-state index in [0.717, 1.165) is 0 Å². The van der Waals surface area contributed by atoms with Gasteiger partial charge < -0.3 is 10.7 Å². The first-order valence-corrected chi connectivity index (χ1v) is 5.48. The number of nitrogens with one attached hydrogen (secondary N) is 1. The molecule has 0 aliphatic heterocycles. The van der Waals surface area contributed by atoms with Crippen LogP contribution in [0.2, 0.25) is 5.02 Å². The van der Waals surface area contributed by atoms with Crippen LogP contribution in [-0.4, -0.2) is 16.7 Å². The maximum Gasteiger partial charge on any atom is 0.289 e. The molecule has 0 unspecified atom stereocenters. The smallest absolute Gasteiger partial charge is 0.289 e. The van der Waals surface area contributed by atoms with E-state index in [2.05, 4.69) is 20.9 Å². The van der Waals surface area contributed by atoms with Crippen LogP contribution in [0, 0.1) is 0 Å². The first kappa shape index (κ1) is 11.2. The molecular weight excluding hydrogens is 295 g/mol. The van der Waals surface area contributed by atoms with Gasteiger partial charge in [-0.3, -0.25) is 9.59 Å². The standard InChI is InChI=1S/C10H6BrClN2O2/c11-6-2-8-4(1-7(6)12)5(3-14-8)9(15)10(13)16/h1-3,14H,(H2,13,16). The molecule has 4 nitrogen and oxygen atoms in total. The van der Waals surface area contributed by atoms with Gasteiger partial charge in [0.2, 0.25) is 0 Å². The second-order valence-corrected chi connectivity index (χ2v) is 4.47. The summed E-state index contributed by atoms with van der Waals surface area (Å²) in [5.74, 6) is -1.72. The molecule has 3 N–H and O–H groups in total. The fourth-order valence-corrected chi connectivity index (χ4v) is 1.94. The number of aromatic nitrogens is 1. The molecule has 0 bridgehead atoms. The average Bonchev–Trinajstić information content (AvgIpc) is 2.60. The molecule has 0 fully saturated rings. The molecule has 2 rings (SSSR count). The van der Waals surface area contributed by atoms with E-state index in [4.69, 9.17) is 17.3 Å². The highest BCUT2D eigenvalue weighted by molar-refractivity contribution is 9.10. The van der Waals surface area contributed by atoms with E-state index in [0.29, 0.717) is 20.4 Å². The van der Waals surface area contributed by atoms with Crippen LogP contribution in [0.25, 0.3) is 10.9 Å². The zero-order valence-corrected chi connectivity index (χ0v) is 10.2. The van der Waals surface area contributed by atoms with Crippen molar-refractivity contribution in [2.45, 2.75) is 0 Å². The van der Waals surface area contributed by atoms with Gasteiger partial charge in [-0.1, -0.05) is 11.6 Å². The summed E-state index contributed by atoms with van der Waals surface area (Å²) in [4.78, 5) is 25.2. The first-order valence-electron chi connectivity index (χ1n) is 4.31. The van der Waals surface area contributed by atoms with Crippen molar-refractivity contribution in [1.29, 1.82) is 0 Å². The van der Waals surface area contributed by atoms with E-state index in [9.17, 15) is 9.59 Å². The van der Waals surface area contributed by atoms with Crippen molar-refractivity contribution in [3.63, 3.8) is 0 Å². The summed E-state index contributed by atoms with van der Waals surface area (Å²) in [6.45, 7) is 0. The lowest BCUT2D eigenvalue weighted by molar-refractivity contribution is -0.114. The number of aromatic amines is 1. The maximum atomic E-state index is 11.5. The van der Waals surface area contributed by atoms with Gasteiger partial charge in [-0.15, -0.1) is 0 Å². The van der Waals surface area contributed by atoms with Gasteiger partial charge in [0, 0.05) is 21.6 Å². The van der Waals surface area contributed by atoms with Gasteiger partial charge in [-0.2, -0.15) is 0 Å². The van der Waals surface area contributed by atoms with Gasteiger partial charge in [-0.25, -0.2) is 0 Å². The molecule has 0 saturated carbocycles. The zero-order valence-electron chi connectivity index (χ0n) is 7.88. The predicted octanol–water partition coefficient (Wildman–Crippen LogP) is 2.25. The summed E-state index contributed by atoms with van der Waals surface area (Å²) in [7, 11) is 0. The normalized spacial score (nSPS) is 10.6. The van der Waals surface area contributed by atoms with Crippen LogP contribution >= 0.6 is 27.5 Å². The maximum absolute atomic E-state index is 11.5. The van der Waals surface area contributed by atoms with Crippen molar-refractivity contribution in [2.24, 2.45) is 5.73 Å². The monoisotopic (exact) mass is 300 g/mol. The van der Waals surface area contributed by atoms with Crippen molar-refractivity contribution in [1.82, 2.24) is 4.98 Å². The molecule has 0 aliphatic carbocycles. The van der Waals surface area contributed by atoms with Gasteiger partial charge in [-0.05, 0) is 28.1 Å². The topological polar surface area (TPSA) is 76.0 Å². The second kappa shape index (κ2) is 3.92. The Bertz CT molecular complexity index is 606. The number of hydrogen-bond donors (Lipinski definition) is 2. The minimum absolute atomic E-state index is 0.233. The quantitative estimate of drug-likeness (QED) is 0.659. The van der Waals surface area contributed by atoms with Crippen molar-refractivity contribution in [3.8, 4) is 0 Å². The summed E-state index contributed by atoms with van der Waals surface area (Å²) >= 11 is 9.18. The summed E-state index contributed by atoms with van der Waals surface area (Å²) in [6.07, 6.45) is 1.44. The third-order valence-electron chi connectivity index (χ3n) is 2.19. The Morgan fingerprint density at radius 2 is 2.06 bits per heavy atom. The van der Waals surface area contributed by atoms with Crippen LogP contribution < -0.4 is 5.73 Å². The van der Waals surface area contributed by atoms with Gasteiger partial charge in [0.1, 0.15) is 0 Å². The number of nitrogens with two attached hydrogens (primary N) is 1. The number of primary amides is 1. The molecule has 1 heterocycles. The Morgan fingerprint density at radius 1 is 1.38 bits per heavy atom. The highest BCUT2D eigenvalue weighted by Gasteiger charge is 2.17. The Balaban J connectivity index is 2.69. The highest BCUT2D eigenvalue weighted by Crippen LogP contribution is 2.29. The van der Waals surface area contributed by atoms with Crippen LogP contribution in [0.5, 0.6) is 0 Å². The molecule has 1 aromatic carbocycles. The molecule has 6 heteroatoms. The Kier molecular flexibility index (Phi) is 2.73. The molecule has 0 spiro atoms. The Labute approximate surface area is 104 Å². The lowest BCUT2D eigenvalue weighted by atomic mass is 10.1. The minimum Gasteiger partial charge on any atom is -0.363 e. The molecule has 82 valence electrons. The van der Waals surface area contributed by atoms with Gasteiger partial charge >= 0.3 is 0 Å². The SMILES string of the molecule is NC(=O)C(=O)c1c[nH]c2cc(Br)c(Cl)cc12. The van der Waals surface area contributed by atoms with Crippen molar-refractivity contribution in [3.05, 3.63) is 33.4 Å². The summed E-state index contributed by atoms with van der Waals surface area (Å²) in [5, 5.41) is 1.04. The lowest BCUT2D eigenvalue weighted by Crippen LogP contribution is -2.22. The van der Waals surface area contributed by atoms with E-state index in [1.807, 2.05) is 0 Å². The number of Topliss-reactive ketones (excluding diaryl/α,β-unsaturated/α-hetero) is 1. The van der Waals surface area contributed by atoms with Crippen molar-refractivity contribution in [2.75, 3.05) is 0 Å². The predicted molar refractivity (Wildman–Crippen MR) is 64.5 cm³/mol. The van der Waals surface area contributed by atoms with Crippen LogP contribution in [0.15, 0.2) is 22.8 Å². The number of rotatable bonds is 2. The first-order chi connectivity index (χ1) is 7.50. The third-order valence-corrected chi connectivity index (χ3v) is 3.39. The zero-order chi connectivity index (χ0) is 11.9. The fraction of sp³-hybridized carbons (Fsp3) is 0. The number of H-pyrrole nitrogens is 1. The number of halogens is 2.